The number of amides is 1. The van der Waals surface area contributed by atoms with Crippen molar-refractivity contribution in [2.24, 2.45) is 5.73 Å². The van der Waals surface area contributed by atoms with Gasteiger partial charge in [-0.15, -0.1) is 0 Å². The third-order valence-electron chi connectivity index (χ3n) is 8.31. The highest BCUT2D eigenvalue weighted by Gasteiger charge is 2.48. The van der Waals surface area contributed by atoms with Crippen LogP contribution in [0.15, 0.2) is 48.5 Å². The minimum absolute atomic E-state index is 0.273. The van der Waals surface area contributed by atoms with Gasteiger partial charge < -0.3 is 25.4 Å². The molecule has 3 fully saturated rings. The number of nitrogens with zero attached hydrogens (tertiary/aromatic N) is 3. The minimum Gasteiger partial charge on any atom is -0.348 e. The van der Waals surface area contributed by atoms with E-state index in [0.29, 0.717) is 45.3 Å². The molecular weight excluding hydrogens is 478 g/mol. The van der Waals surface area contributed by atoms with Crippen molar-refractivity contribution >= 4 is 5.91 Å². The van der Waals surface area contributed by atoms with E-state index in [1.165, 1.54) is 11.1 Å². The number of carbonyl (C=O) groups is 1. The maximum atomic E-state index is 13.0. The molecule has 0 radical (unpaired) electrons. The van der Waals surface area contributed by atoms with Crippen molar-refractivity contribution in [2.45, 2.75) is 56.0 Å². The Balaban J connectivity index is 1.13. The van der Waals surface area contributed by atoms with Gasteiger partial charge in [0.15, 0.2) is 5.79 Å². The number of ether oxygens (including phenoxy) is 2. The van der Waals surface area contributed by atoms with E-state index in [0.717, 1.165) is 43.9 Å². The number of benzene rings is 2. The van der Waals surface area contributed by atoms with Gasteiger partial charge in [-0.05, 0) is 42.1 Å². The molecule has 2 saturated heterocycles. The molecule has 0 bridgehead atoms. The summed E-state index contributed by atoms with van der Waals surface area (Å²) in [6.07, 6.45) is 2.55. The number of hydrogen-bond acceptors (Lipinski definition) is 7. The van der Waals surface area contributed by atoms with Crippen molar-refractivity contribution in [1.29, 1.82) is 5.26 Å². The lowest BCUT2D eigenvalue weighted by atomic mass is 9.78. The first-order chi connectivity index (χ1) is 18.4. The molecule has 202 valence electrons. The number of nitriles is 1. The fourth-order valence-electron chi connectivity index (χ4n) is 5.66. The summed E-state index contributed by atoms with van der Waals surface area (Å²) in [7, 11) is 2.18. The third kappa shape index (κ3) is 6.25. The summed E-state index contributed by atoms with van der Waals surface area (Å²) in [4.78, 5) is 17.9. The molecule has 0 aromatic heterocycles. The Hall–Kier alpha value is -2.80. The topological polar surface area (TPSA) is 104 Å². The minimum atomic E-state index is -1.00. The van der Waals surface area contributed by atoms with E-state index in [1.807, 2.05) is 12.1 Å². The molecule has 3 N–H and O–H groups in total. The number of rotatable bonds is 7. The van der Waals surface area contributed by atoms with Gasteiger partial charge in [-0.3, -0.25) is 9.69 Å². The molecule has 38 heavy (non-hydrogen) atoms. The Bertz CT molecular complexity index is 1120. The fraction of sp³-hybridized carbons (Fsp3) is 0.533. The molecule has 3 aliphatic rings. The molecule has 8 nitrogen and oxygen atoms in total. The van der Waals surface area contributed by atoms with E-state index >= 15 is 0 Å². The summed E-state index contributed by atoms with van der Waals surface area (Å²) in [6.45, 7) is 6.63. The van der Waals surface area contributed by atoms with Crippen molar-refractivity contribution in [3.8, 4) is 17.2 Å². The summed E-state index contributed by atoms with van der Waals surface area (Å²) in [5.41, 5.74) is 10.1. The van der Waals surface area contributed by atoms with E-state index in [2.05, 4.69) is 64.6 Å². The van der Waals surface area contributed by atoms with Crippen molar-refractivity contribution in [2.75, 3.05) is 46.4 Å². The van der Waals surface area contributed by atoms with Gasteiger partial charge in [0.25, 0.3) is 0 Å². The average molecular weight is 518 g/mol. The smallest absolute Gasteiger partial charge is 0.241 e. The van der Waals surface area contributed by atoms with Crippen LogP contribution in [0.3, 0.4) is 0 Å². The third-order valence-corrected chi connectivity index (χ3v) is 8.31. The van der Waals surface area contributed by atoms with Gasteiger partial charge in [-0.2, -0.15) is 5.26 Å². The number of likely N-dealkylation sites (N-methyl/N-ethyl adjacent to an activating group) is 1. The molecule has 2 aromatic rings. The van der Waals surface area contributed by atoms with Crippen molar-refractivity contribution < 1.29 is 14.3 Å². The Kier molecular flexibility index (Phi) is 8.12. The normalized spacial score (nSPS) is 22.1. The predicted molar refractivity (Wildman–Crippen MR) is 146 cm³/mol. The van der Waals surface area contributed by atoms with Gasteiger partial charge >= 0.3 is 0 Å². The van der Waals surface area contributed by atoms with Gasteiger partial charge in [-0.25, -0.2) is 0 Å². The molecule has 1 amide bonds. The van der Waals surface area contributed by atoms with Crippen LogP contribution in [0.2, 0.25) is 0 Å². The van der Waals surface area contributed by atoms with Gasteiger partial charge in [-0.1, -0.05) is 48.5 Å². The Morgan fingerprint density at radius 1 is 0.947 bits per heavy atom. The molecule has 1 atom stereocenters. The van der Waals surface area contributed by atoms with Gasteiger partial charge in [0.05, 0.1) is 24.8 Å². The number of nitrogens with two attached hydrogens (primary N) is 1. The van der Waals surface area contributed by atoms with Crippen molar-refractivity contribution in [1.82, 2.24) is 15.1 Å². The Morgan fingerprint density at radius 3 is 2.05 bits per heavy atom. The second-order valence-corrected chi connectivity index (χ2v) is 11.1. The van der Waals surface area contributed by atoms with E-state index in [-0.39, 0.29) is 5.91 Å². The summed E-state index contributed by atoms with van der Waals surface area (Å²) < 4.78 is 11.5. The van der Waals surface area contributed by atoms with Gasteiger partial charge in [0.2, 0.25) is 5.91 Å². The zero-order chi connectivity index (χ0) is 26.6. The van der Waals surface area contributed by atoms with E-state index in [4.69, 9.17) is 15.2 Å². The fourth-order valence-corrected chi connectivity index (χ4v) is 5.66. The Morgan fingerprint density at radius 2 is 1.50 bits per heavy atom. The quantitative estimate of drug-likeness (QED) is 0.582. The highest BCUT2D eigenvalue weighted by Crippen LogP contribution is 2.39. The van der Waals surface area contributed by atoms with Crippen LogP contribution in [-0.4, -0.2) is 79.5 Å². The van der Waals surface area contributed by atoms with Crippen LogP contribution in [0, 0.1) is 11.3 Å². The van der Waals surface area contributed by atoms with Crippen LogP contribution < -0.4 is 11.1 Å². The molecule has 5 rings (SSSR count). The zero-order valence-corrected chi connectivity index (χ0v) is 22.3. The second-order valence-electron chi connectivity index (χ2n) is 11.1. The highest BCUT2D eigenvalue weighted by atomic mass is 16.7. The van der Waals surface area contributed by atoms with Crippen LogP contribution in [0.4, 0.5) is 0 Å². The molecule has 1 unspecified atom stereocenters. The molecule has 2 aromatic carbocycles. The monoisotopic (exact) mass is 517 g/mol. The Labute approximate surface area is 225 Å². The van der Waals surface area contributed by atoms with Crippen LogP contribution >= 0.6 is 0 Å². The highest BCUT2D eigenvalue weighted by molar-refractivity contribution is 5.86. The van der Waals surface area contributed by atoms with Crippen LogP contribution in [0.1, 0.15) is 36.8 Å². The van der Waals surface area contributed by atoms with E-state index < -0.39 is 17.4 Å². The zero-order valence-electron chi connectivity index (χ0n) is 22.3. The first-order valence-corrected chi connectivity index (χ1v) is 13.7. The SMILES string of the molecule is CN1CCN(Cc2ccc(-c3ccc(CC(C#N)NC(=O)C4(N)CCC5(CC4)OCCO5)cc3)cc2)CC1. The molecular formula is C30H39N5O3. The van der Waals surface area contributed by atoms with Gasteiger partial charge in [0, 0.05) is 52.0 Å². The lowest BCUT2D eigenvalue weighted by Crippen LogP contribution is -2.60. The van der Waals surface area contributed by atoms with Crippen molar-refractivity contribution in [3.05, 3.63) is 59.7 Å². The summed E-state index contributed by atoms with van der Waals surface area (Å²) in [5.74, 6) is -0.852. The first-order valence-electron chi connectivity index (χ1n) is 13.7. The molecule has 1 saturated carbocycles. The molecule has 1 spiro atoms. The largest absolute Gasteiger partial charge is 0.348 e. The van der Waals surface area contributed by atoms with Gasteiger partial charge in [0.1, 0.15) is 6.04 Å². The average Bonchev–Trinajstić information content (AvgIpc) is 3.40. The summed E-state index contributed by atoms with van der Waals surface area (Å²) in [6, 6.07) is 18.6. The predicted octanol–water partition coefficient (Wildman–Crippen LogP) is 2.67. The van der Waals surface area contributed by atoms with Crippen LogP contribution in [0.5, 0.6) is 0 Å². The summed E-state index contributed by atoms with van der Waals surface area (Å²) >= 11 is 0. The molecule has 2 heterocycles. The number of carbonyl (C=O) groups excluding carboxylic acids is 1. The summed E-state index contributed by atoms with van der Waals surface area (Å²) in [5, 5.41) is 12.6. The van der Waals surface area contributed by atoms with Crippen LogP contribution in [-0.2, 0) is 27.2 Å². The first kappa shape index (κ1) is 26.8. The molecule has 1 aliphatic carbocycles. The standard InChI is InChI=1S/C30H39N5O3/c1-34-14-16-35(17-15-34)22-24-4-8-26(9-5-24)25-6-2-23(3-7-25)20-27(21-31)33-28(36)29(32)10-12-30(13-11-29)37-18-19-38-30/h2-9,27H,10-20,22,32H2,1H3,(H,33,36). The lowest BCUT2D eigenvalue weighted by molar-refractivity contribution is -0.185. The number of nitrogens with one attached hydrogen (secondary N) is 1. The van der Waals surface area contributed by atoms with Crippen molar-refractivity contribution in [3.63, 3.8) is 0 Å². The molecule has 8 heteroatoms. The second kappa shape index (κ2) is 11.5. The maximum Gasteiger partial charge on any atom is 0.241 e. The lowest BCUT2D eigenvalue weighted by Gasteiger charge is -2.40. The van der Waals surface area contributed by atoms with E-state index in [9.17, 15) is 10.1 Å². The maximum absolute atomic E-state index is 13.0. The number of hydrogen-bond donors (Lipinski definition) is 2. The molecule has 2 aliphatic heterocycles. The van der Waals surface area contributed by atoms with Crippen LogP contribution in [0.25, 0.3) is 11.1 Å². The van der Waals surface area contributed by atoms with E-state index in [1.54, 1.807) is 0 Å². The number of piperazine rings is 1.